The second-order valence-corrected chi connectivity index (χ2v) is 4.37. The average molecular weight is 784 g/mol. The summed E-state index contributed by atoms with van der Waals surface area (Å²) in [4.78, 5) is 11.3. The predicted molar refractivity (Wildman–Crippen MR) is 64.1 cm³/mol. The van der Waals surface area contributed by atoms with Gasteiger partial charge in [0.05, 0.1) is 12.9 Å². The monoisotopic (exact) mass is 784 g/mol. The van der Waals surface area contributed by atoms with Crippen molar-refractivity contribution in [2.45, 2.75) is 0 Å². The van der Waals surface area contributed by atoms with Gasteiger partial charge in [0.25, 0.3) is 5.97 Å². The summed E-state index contributed by atoms with van der Waals surface area (Å²) in [5.74, 6) is -0.717. The molecular weight excluding hydrogens is 768 g/mol. The Morgan fingerprint density at radius 2 is 1.60 bits per heavy atom. The van der Waals surface area contributed by atoms with E-state index < -0.39 is 11.9 Å². The summed E-state index contributed by atoms with van der Waals surface area (Å²) < 4.78 is 5.10. The van der Waals surface area contributed by atoms with Crippen LogP contribution in [0.3, 0.4) is 0 Å². The molecule has 3 nitrogen and oxygen atoms in total. The van der Waals surface area contributed by atoms with Gasteiger partial charge in [-0.1, -0.05) is 12.5 Å². The van der Waals surface area contributed by atoms with E-state index in [1.165, 1.54) is 7.11 Å². The van der Waals surface area contributed by atoms with Gasteiger partial charge in [0, 0.05) is 21.1 Å². The van der Waals surface area contributed by atoms with Crippen LogP contribution >= 0.6 is 0 Å². The molecule has 2 rings (SSSR count). The molecular formula is C14H16O3W3. The summed E-state index contributed by atoms with van der Waals surface area (Å²) in [6.07, 6.45) is 11.9. The SMILES string of the molecule is C=C(OC)C1[CH-]C2[CH-]C=C[CH-]C2[CH-]C1C(=O)O.[W+2].[W+2].[W]. The topological polar surface area (TPSA) is 46.5 Å². The van der Waals surface area contributed by atoms with E-state index >= 15 is 0 Å². The average Bonchev–Trinajstić information content (AvgIpc) is 2.36. The summed E-state index contributed by atoms with van der Waals surface area (Å²) in [5.41, 5.74) is 0. The van der Waals surface area contributed by atoms with E-state index in [1.54, 1.807) is 0 Å². The summed E-state index contributed by atoms with van der Waals surface area (Å²) in [6, 6.07) is 0. The Morgan fingerprint density at radius 3 is 2.00 bits per heavy atom. The number of carboxylic acid groups (broad SMARTS) is 1. The molecule has 0 amide bonds. The molecule has 2 aliphatic carbocycles. The van der Waals surface area contributed by atoms with Crippen molar-refractivity contribution in [1.82, 2.24) is 0 Å². The molecule has 0 bridgehead atoms. The Hall–Kier alpha value is 0.555. The van der Waals surface area contributed by atoms with E-state index in [-0.39, 0.29) is 80.9 Å². The van der Waals surface area contributed by atoms with Crippen molar-refractivity contribution in [3.63, 3.8) is 0 Å². The number of carbonyl (C=O) groups is 1. The fourth-order valence-corrected chi connectivity index (χ4v) is 2.42. The minimum Gasteiger partial charge on any atom is -0.504 e. The molecule has 0 saturated heterocycles. The van der Waals surface area contributed by atoms with Gasteiger partial charge in [-0.2, -0.15) is 0 Å². The Kier molecular flexibility index (Phi) is 11.8. The van der Waals surface area contributed by atoms with Crippen LogP contribution in [-0.4, -0.2) is 18.2 Å². The van der Waals surface area contributed by atoms with Crippen LogP contribution < -0.4 is 0 Å². The molecule has 0 spiro atoms. The molecule has 1 saturated carbocycles. The third-order valence-electron chi connectivity index (χ3n) is 3.39. The second kappa shape index (κ2) is 10.3. The van der Waals surface area contributed by atoms with Crippen molar-refractivity contribution in [2.75, 3.05) is 7.11 Å². The van der Waals surface area contributed by atoms with Crippen LogP contribution in [0.2, 0.25) is 0 Å². The van der Waals surface area contributed by atoms with E-state index in [9.17, 15) is 9.90 Å². The molecule has 4 atom stereocenters. The smallest absolute Gasteiger partial charge is 0.504 e. The first-order valence-electron chi connectivity index (χ1n) is 5.64. The first kappa shape index (κ1) is 22.8. The zero-order valence-electron chi connectivity index (χ0n) is 11.0. The fraction of sp³-hybridized carbons (Fsp3) is 0.357. The molecule has 0 aromatic heterocycles. The standard InChI is InChI=1S/C14H16O3.3W/c1-9(17-2)12-7-10-5-3-4-6-11(10)8-13(12)14(15)16;;;/h3-8,10-13H,1H2,2H3,(H,15,16);;;/q-4;;2*+2. The number of fused-ring (bicyclic) bond motifs is 1. The van der Waals surface area contributed by atoms with Crippen molar-refractivity contribution >= 4 is 5.97 Å². The summed E-state index contributed by atoms with van der Waals surface area (Å²) >= 11 is 0. The predicted octanol–water partition coefficient (Wildman–Crippen LogP) is 2.09. The van der Waals surface area contributed by atoms with E-state index in [4.69, 9.17) is 4.74 Å². The van der Waals surface area contributed by atoms with Gasteiger partial charge >= 0.3 is 42.1 Å². The first-order valence-corrected chi connectivity index (χ1v) is 5.64. The number of aliphatic carboxylic acids is 1. The minimum absolute atomic E-state index is 0. The van der Waals surface area contributed by atoms with Crippen LogP contribution in [0.4, 0.5) is 0 Å². The molecule has 0 radical (unpaired) electrons. The van der Waals surface area contributed by atoms with E-state index in [1.807, 2.05) is 31.4 Å². The zero-order chi connectivity index (χ0) is 12.4. The molecule has 0 aromatic rings. The van der Waals surface area contributed by atoms with E-state index in [0.717, 1.165) is 0 Å². The van der Waals surface area contributed by atoms with Crippen LogP contribution in [0, 0.1) is 49.4 Å². The first-order chi connectivity index (χ1) is 8.13. The number of rotatable bonds is 3. The van der Waals surface area contributed by atoms with E-state index in [2.05, 4.69) is 13.0 Å². The van der Waals surface area contributed by atoms with Gasteiger partial charge < -0.3 is 47.7 Å². The van der Waals surface area contributed by atoms with Crippen molar-refractivity contribution < 1.29 is 77.8 Å². The fourth-order valence-electron chi connectivity index (χ4n) is 2.42. The molecule has 4 unspecified atom stereocenters. The molecule has 108 valence electrons. The van der Waals surface area contributed by atoms with Gasteiger partial charge in [0.2, 0.25) is 0 Å². The molecule has 2 aliphatic rings. The quantitative estimate of drug-likeness (QED) is 0.353. The third-order valence-corrected chi connectivity index (χ3v) is 3.39. The number of hydrogen-bond acceptors (Lipinski definition) is 2. The van der Waals surface area contributed by atoms with Crippen LogP contribution in [0.1, 0.15) is 0 Å². The van der Waals surface area contributed by atoms with Gasteiger partial charge in [-0.15, -0.1) is 5.92 Å². The maximum absolute atomic E-state index is 11.3. The molecule has 6 heteroatoms. The molecule has 0 aliphatic heterocycles. The number of carboxylic acids is 1. The van der Waals surface area contributed by atoms with Crippen LogP contribution in [0.15, 0.2) is 24.5 Å². The number of methoxy groups -OCH3 is 1. The van der Waals surface area contributed by atoms with E-state index in [0.29, 0.717) is 5.76 Å². The van der Waals surface area contributed by atoms with Crippen LogP contribution in [0.25, 0.3) is 0 Å². The molecule has 1 N–H and O–H groups in total. The second-order valence-electron chi connectivity index (χ2n) is 4.37. The largest absolute Gasteiger partial charge is 2.00 e. The molecule has 1 fully saturated rings. The normalized spacial score (nSPS) is 29.9. The Bertz CT molecular complexity index is 358. The van der Waals surface area contributed by atoms with Crippen molar-refractivity contribution in [3.05, 3.63) is 50.2 Å². The molecule has 0 aromatic carbocycles. The molecule has 20 heavy (non-hydrogen) atoms. The summed E-state index contributed by atoms with van der Waals surface area (Å²) in [7, 11) is 1.53. The zero-order valence-corrected chi connectivity index (χ0v) is 19.8. The van der Waals surface area contributed by atoms with Crippen molar-refractivity contribution in [2.24, 2.45) is 23.7 Å². The maximum Gasteiger partial charge on any atom is 2.00 e. The van der Waals surface area contributed by atoms with Crippen molar-refractivity contribution in [3.8, 4) is 0 Å². The van der Waals surface area contributed by atoms with Crippen molar-refractivity contribution in [1.29, 1.82) is 0 Å². The van der Waals surface area contributed by atoms with Gasteiger partial charge in [-0.3, -0.25) is 16.6 Å². The Labute approximate surface area is 163 Å². The maximum atomic E-state index is 11.3. The van der Waals surface area contributed by atoms with Gasteiger partial charge in [-0.05, 0) is 0 Å². The number of allylic oxidation sites excluding steroid dienone is 3. The van der Waals surface area contributed by atoms with Crippen LogP contribution in [0.5, 0.6) is 0 Å². The summed E-state index contributed by atoms with van der Waals surface area (Å²) in [5, 5.41) is 9.25. The van der Waals surface area contributed by atoms with Gasteiger partial charge in [-0.25, -0.2) is 0 Å². The third kappa shape index (κ3) is 5.08. The Balaban J connectivity index is 0. The van der Waals surface area contributed by atoms with Gasteiger partial charge in [0.15, 0.2) is 0 Å². The summed E-state index contributed by atoms with van der Waals surface area (Å²) in [6.45, 7) is 3.79. The number of hydrogen-bond donors (Lipinski definition) is 1. The minimum atomic E-state index is -0.828. The Morgan fingerprint density at radius 1 is 1.15 bits per heavy atom. The van der Waals surface area contributed by atoms with Gasteiger partial charge in [0.1, 0.15) is 0 Å². The van der Waals surface area contributed by atoms with Crippen LogP contribution in [-0.2, 0) is 72.7 Å². The molecule has 0 heterocycles. The number of ether oxygens (including phenoxy) is 1.